The van der Waals surface area contributed by atoms with Gasteiger partial charge < -0.3 is 10.6 Å². The van der Waals surface area contributed by atoms with Crippen molar-refractivity contribution in [1.29, 1.82) is 0 Å². The zero-order valence-corrected chi connectivity index (χ0v) is 9.31. The molecule has 3 nitrogen and oxygen atoms in total. The van der Waals surface area contributed by atoms with Crippen molar-refractivity contribution in [2.24, 2.45) is 5.92 Å². The minimum absolute atomic E-state index is 0.0976. The largest absolute Gasteiger partial charge is 0.352 e. The van der Waals surface area contributed by atoms with Crippen LogP contribution in [0.3, 0.4) is 0 Å². The number of carbonyl (C=O) groups excluding carboxylic acids is 1. The lowest BCUT2D eigenvalue weighted by Crippen LogP contribution is -2.44. The molecule has 0 saturated carbocycles. The number of carbonyl (C=O) groups is 1. The molecule has 0 aromatic heterocycles. The van der Waals surface area contributed by atoms with Gasteiger partial charge in [0.2, 0.25) is 5.91 Å². The molecular weight excluding hydrogens is 176 g/mol. The molecule has 0 aromatic rings. The van der Waals surface area contributed by atoms with E-state index in [1.807, 2.05) is 13.8 Å². The van der Waals surface area contributed by atoms with E-state index >= 15 is 0 Å². The van der Waals surface area contributed by atoms with Crippen LogP contribution in [0.25, 0.3) is 0 Å². The van der Waals surface area contributed by atoms with Crippen molar-refractivity contribution in [3.8, 4) is 0 Å². The molecule has 1 atom stereocenters. The molecule has 1 fully saturated rings. The summed E-state index contributed by atoms with van der Waals surface area (Å²) < 4.78 is 0. The Kier molecular flexibility index (Phi) is 4.94. The highest BCUT2D eigenvalue weighted by molar-refractivity contribution is 5.78. The number of hydrogen-bond donors (Lipinski definition) is 2. The Hall–Kier alpha value is -0.570. The molecule has 0 bridgehead atoms. The van der Waals surface area contributed by atoms with Gasteiger partial charge in [-0.3, -0.25) is 4.79 Å². The van der Waals surface area contributed by atoms with Crippen LogP contribution in [0.4, 0.5) is 0 Å². The van der Waals surface area contributed by atoms with Crippen LogP contribution >= 0.6 is 0 Å². The van der Waals surface area contributed by atoms with Crippen LogP contribution in [0.1, 0.15) is 39.5 Å². The van der Waals surface area contributed by atoms with Gasteiger partial charge in [0.05, 0.1) is 0 Å². The van der Waals surface area contributed by atoms with Gasteiger partial charge in [0, 0.05) is 18.5 Å². The van der Waals surface area contributed by atoms with Crippen LogP contribution in [-0.2, 0) is 4.79 Å². The molecule has 0 radical (unpaired) electrons. The highest BCUT2D eigenvalue weighted by Gasteiger charge is 2.15. The van der Waals surface area contributed by atoms with E-state index in [2.05, 4.69) is 10.6 Å². The Morgan fingerprint density at radius 3 is 2.86 bits per heavy atom. The first-order chi connectivity index (χ1) is 6.70. The maximum atomic E-state index is 11.5. The predicted octanol–water partition coefficient (Wildman–Crippen LogP) is 1.29. The maximum Gasteiger partial charge on any atom is 0.222 e. The lowest BCUT2D eigenvalue weighted by Gasteiger charge is -2.22. The highest BCUT2D eigenvalue weighted by Crippen LogP contribution is 2.06. The van der Waals surface area contributed by atoms with E-state index in [0.29, 0.717) is 6.04 Å². The first-order valence-corrected chi connectivity index (χ1v) is 5.71. The third kappa shape index (κ3) is 4.09. The molecule has 1 aliphatic rings. The van der Waals surface area contributed by atoms with Crippen molar-refractivity contribution in [3.05, 3.63) is 0 Å². The summed E-state index contributed by atoms with van der Waals surface area (Å²) in [5, 5.41) is 6.45. The third-order valence-electron chi connectivity index (χ3n) is 2.67. The van der Waals surface area contributed by atoms with Crippen molar-refractivity contribution < 1.29 is 4.79 Å². The van der Waals surface area contributed by atoms with Crippen LogP contribution < -0.4 is 10.6 Å². The number of rotatable bonds is 2. The smallest absolute Gasteiger partial charge is 0.222 e. The number of amides is 1. The minimum Gasteiger partial charge on any atom is -0.352 e. The quantitative estimate of drug-likeness (QED) is 0.702. The van der Waals surface area contributed by atoms with Crippen LogP contribution in [0.2, 0.25) is 0 Å². The van der Waals surface area contributed by atoms with E-state index in [0.717, 1.165) is 19.5 Å². The molecule has 1 saturated heterocycles. The SMILES string of the molecule is CC(C)C(=O)NC1CCCCCNC1. The van der Waals surface area contributed by atoms with Gasteiger partial charge in [-0.2, -0.15) is 0 Å². The van der Waals surface area contributed by atoms with Crippen molar-refractivity contribution in [3.63, 3.8) is 0 Å². The average Bonchev–Trinajstić information content (AvgIpc) is 2.08. The lowest BCUT2D eigenvalue weighted by atomic mass is 10.0. The van der Waals surface area contributed by atoms with Gasteiger partial charge in [0.1, 0.15) is 0 Å². The fourth-order valence-electron chi connectivity index (χ4n) is 1.69. The normalized spacial score (nSPS) is 24.1. The topological polar surface area (TPSA) is 41.1 Å². The second kappa shape index (κ2) is 6.02. The molecular formula is C11H22N2O. The second-order valence-electron chi connectivity index (χ2n) is 4.41. The van der Waals surface area contributed by atoms with Crippen molar-refractivity contribution in [2.75, 3.05) is 13.1 Å². The molecule has 2 N–H and O–H groups in total. The van der Waals surface area contributed by atoms with E-state index in [-0.39, 0.29) is 11.8 Å². The summed E-state index contributed by atoms with van der Waals surface area (Å²) in [5.41, 5.74) is 0. The number of hydrogen-bond acceptors (Lipinski definition) is 2. The van der Waals surface area contributed by atoms with Gasteiger partial charge in [-0.1, -0.05) is 26.7 Å². The molecule has 1 aliphatic heterocycles. The molecule has 1 amide bonds. The van der Waals surface area contributed by atoms with Crippen molar-refractivity contribution in [1.82, 2.24) is 10.6 Å². The average molecular weight is 198 g/mol. The Bertz CT molecular complexity index is 172. The van der Waals surface area contributed by atoms with Gasteiger partial charge in [-0.25, -0.2) is 0 Å². The Balaban J connectivity index is 2.30. The molecule has 0 aromatic carbocycles. The molecule has 1 unspecified atom stereocenters. The summed E-state index contributed by atoms with van der Waals surface area (Å²) in [6, 6.07) is 0.338. The van der Waals surface area contributed by atoms with Crippen molar-refractivity contribution >= 4 is 5.91 Å². The molecule has 1 heterocycles. The van der Waals surface area contributed by atoms with Crippen LogP contribution in [0, 0.1) is 5.92 Å². The fraction of sp³-hybridized carbons (Fsp3) is 0.909. The van der Waals surface area contributed by atoms with Gasteiger partial charge >= 0.3 is 0 Å². The van der Waals surface area contributed by atoms with Gasteiger partial charge in [-0.05, 0) is 19.4 Å². The van der Waals surface area contributed by atoms with Crippen LogP contribution in [-0.4, -0.2) is 25.0 Å². The van der Waals surface area contributed by atoms with Crippen LogP contribution in [0.15, 0.2) is 0 Å². The molecule has 14 heavy (non-hydrogen) atoms. The van der Waals surface area contributed by atoms with E-state index in [9.17, 15) is 4.79 Å². The Labute approximate surface area is 86.6 Å². The van der Waals surface area contributed by atoms with E-state index in [1.165, 1.54) is 19.3 Å². The molecule has 1 rings (SSSR count). The standard InChI is InChI=1S/C11H22N2O/c1-9(2)11(14)13-10-6-4-3-5-7-12-8-10/h9-10,12H,3-8H2,1-2H3,(H,13,14). The summed E-state index contributed by atoms with van der Waals surface area (Å²) in [6.45, 7) is 5.89. The predicted molar refractivity (Wildman–Crippen MR) is 58.1 cm³/mol. The third-order valence-corrected chi connectivity index (χ3v) is 2.67. The first-order valence-electron chi connectivity index (χ1n) is 5.71. The molecule has 3 heteroatoms. The van der Waals surface area contributed by atoms with Gasteiger partial charge in [-0.15, -0.1) is 0 Å². The Morgan fingerprint density at radius 2 is 2.14 bits per heavy atom. The first kappa shape index (κ1) is 11.5. The monoisotopic (exact) mass is 198 g/mol. The van der Waals surface area contributed by atoms with Gasteiger partial charge in [0.25, 0.3) is 0 Å². The van der Waals surface area contributed by atoms with E-state index in [4.69, 9.17) is 0 Å². The summed E-state index contributed by atoms with van der Waals surface area (Å²) >= 11 is 0. The fourth-order valence-corrected chi connectivity index (χ4v) is 1.69. The summed E-state index contributed by atoms with van der Waals surface area (Å²) in [5.74, 6) is 0.276. The highest BCUT2D eigenvalue weighted by atomic mass is 16.1. The molecule has 0 aliphatic carbocycles. The zero-order valence-electron chi connectivity index (χ0n) is 9.31. The number of nitrogens with one attached hydrogen (secondary N) is 2. The van der Waals surface area contributed by atoms with E-state index in [1.54, 1.807) is 0 Å². The van der Waals surface area contributed by atoms with Crippen molar-refractivity contribution in [2.45, 2.75) is 45.6 Å². The Morgan fingerprint density at radius 1 is 1.36 bits per heavy atom. The second-order valence-corrected chi connectivity index (χ2v) is 4.41. The zero-order chi connectivity index (χ0) is 10.4. The summed E-state index contributed by atoms with van der Waals surface area (Å²) in [4.78, 5) is 11.5. The van der Waals surface area contributed by atoms with Gasteiger partial charge in [0.15, 0.2) is 0 Å². The van der Waals surface area contributed by atoms with Crippen LogP contribution in [0.5, 0.6) is 0 Å². The summed E-state index contributed by atoms with van der Waals surface area (Å²) in [7, 11) is 0. The van der Waals surface area contributed by atoms with E-state index < -0.39 is 0 Å². The molecule has 0 spiro atoms. The molecule has 82 valence electrons. The lowest BCUT2D eigenvalue weighted by molar-refractivity contribution is -0.124. The summed E-state index contributed by atoms with van der Waals surface area (Å²) in [6.07, 6.45) is 4.90. The maximum absolute atomic E-state index is 11.5. The minimum atomic E-state index is 0.0976.